The summed E-state index contributed by atoms with van der Waals surface area (Å²) in [7, 11) is 3.69. The molecule has 268 valence electrons. The third kappa shape index (κ3) is 8.68. The second-order valence-electron chi connectivity index (χ2n) is 14.2. The van der Waals surface area contributed by atoms with Gasteiger partial charge in [-0.2, -0.15) is 0 Å². The van der Waals surface area contributed by atoms with Crippen molar-refractivity contribution in [1.82, 2.24) is 14.7 Å². The Labute approximate surface area is 309 Å². The van der Waals surface area contributed by atoms with Crippen molar-refractivity contribution in [1.29, 1.82) is 0 Å². The van der Waals surface area contributed by atoms with Gasteiger partial charge in [0.15, 0.2) is 0 Å². The maximum absolute atomic E-state index is 15.0. The summed E-state index contributed by atoms with van der Waals surface area (Å²) in [4.78, 5) is 48.5. The summed E-state index contributed by atoms with van der Waals surface area (Å²) in [6, 6.07) is 42.1. The third-order valence-electron chi connectivity index (χ3n) is 9.82. The Morgan fingerprint density at radius 2 is 0.827 bits per heavy atom. The van der Waals surface area contributed by atoms with Crippen molar-refractivity contribution in [2.75, 3.05) is 14.1 Å². The van der Waals surface area contributed by atoms with Crippen molar-refractivity contribution >= 4 is 17.7 Å². The van der Waals surface area contributed by atoms with Gasteiger partial charge in [0.2, 0.25) is 0 Å². The van der Waals surface area contributed by atoms with E-state index in [-0.39, 0.29) is 41.9 Å². The van der Waals surface area contributed by atoms with Crippen molar-refractivity contribution in [3.8, 4) is 0 Å². The van der Waals surface area contributed by atoms with Crippen LogP contribution in [-0.2, 0) is 12.8 Å². The molecule has 0 fully saturated rings. The molecule has 0 radical (unpaired) electrons. The number of carbonyl (C=O) groups is 3. The summed E-state index contributed by atoms with van der Waals surface area (Å²) < 4.78 is 0. The normalized spacial score (nSPS) is 12.3. The number of carbonyl (C=O) groups excluding carboxylic acids is 3. The molecule has 2 atom stereocenters. The number of aryl methyl sites for hydroxylation is 1. The minimum Gasteiger partial charge on any atom is -0.334 e. The van der Waals surface area contributed by atoms with Gasteiger partial charge in [-0.25, -0.2) is 0 Å². The van der Waals surface area contributed by atoms with Gasteiger partial charge in [0.1, 0.15) is 0 Å². The molecule has 0 aromatic heterocycles. The summed E-state index contributed by atoms with van der Waals surface area (Å²) in [6.07, 6.45) is 0.849. The van der Waals surface area contributed by atoms with Gasteiger partial charge in [0, 0.05) is 42.9 Å². The van der Waals surface area contributed by atoms with Crippen molar-refractivity contribution in [2.45, 2.75) is 71.6 Å². The van der Waals surface area contributed by atoms with Gasteiger partial charge in [-0.15, -0.1) is 0 Å². The quantitative estimate of drug-likeness (QED) is 0.124. The Morgan fingerprint density at radius 3 is 1.15 bits per heavy atom. The van der Waals surface area contributed by atoms with Crippen molar-refractivity contribution < 1.29 is 14.4 Å². The SMILES string of the molecule is Cc1cc(CC(c2ccccc2)N(C)C(=O)c2ccccc2)c(C(=O)N(C(C)C)C(C)C)c(CC(c2ccccc2)N(C)C(=O)c2ccccc2)c1. The Kier molecular flexibility index (Phi) is 12.5. The van der Waals surface area contributed by atoms with Crippen molar-refractivity contribution in [3.63, 3.8) is 0 Å². The highest BCUT2D eigenvalue weighted by Gasteiger charge is 2.32. The molecule has 0 N–H and O–H groups in total. The highest BCUT2D eigenvalue weighted by molar-refractivity contribution is 5.98. The molecule has 0 aliphatic heterocycles. The lowest BCUT2D eigenvalue weighted by atomic mass is 9.86. The average Bonchev–Trinajstić information content (AvgIpc) is 3.15. The molecule has 5 rings (SSSR count). The van der Waals surface area contributed by atoms with Crippen LogP contribution in [0.4, 0.5) is 0 Å². The van der Waals surface area contributed by atoms with Crippen LogP contribution in [0.25, 0.3) is 0 Å². The fraction of sp³-hybridized carbons (Fsp3) is 0.283. The zero-order valence-corrected chi connectivity index (χ0v) is 31.5. The van der Waals surface area contributed by atoms with E-state index in [0.717, 1.165) is 27.8 Å². The van der Waals surface area contributed by atoms with Gasteiger partial charge < -0.3 is 14.7 Å². The maximum atomic E-state index is 15.0. The van der Waals surface area contributed by atoms with Crippen LogP contribution in [0, 0.1) is 6.92 Å². The first-order valence-corrected chi connectivity index (χ1v) is 18.2. The molecular weight excluding hydrogens is 643 g/mol. The van der Waals surface area contributed by atoms with Crippen LogP contribution in [0.3, 0.4) is 0 Å². The molecule has 0 aliphatic rings. The lowest BCUT2D eigenvalue weighted by Gasteiger charge is -2.35. The smallest absolute Gasteiger partial charge is 0.254 e. The molecule has 0 saturated heterocycles. The van der Waals surface area contributed by atoms with Gasteiger partial charge >= 0.3 is 0 Å². The summed E-state index contributed by atoms with van der Waals surface area (Å²) in [5, 5.41) is 0. The van der Waals surface area contributed by atoms with Gasteiger partial charge in [-0.1, -0.05) is 115 Å². The Hall–Kier alpha value is -5.49. The maximum Gasteiger partial charge on any atom is 0.254 e. The minimum atomic E-state index is -0.353. The Bertz CT molecular complexity index is 1810. The molecule has 52 heavy (non-hydrogen) atoms. The second kappa shape index (κ2) is 17.1. The van der Waals surface area contributed by atoms with Crippen molar-refractivity contribution in [2.24, 2.45) is 0 Å². The predicted octanol–water partition coefficient (Wildman–Crippen LogP) is 9.37. The van der Waals surface area contributed by atoms with Gasteiger partial charge in [0.05, 0.1) is 12.1 Å². The number of hydrogen-bond donors (Lipinski definition) is 0. The van der Waals surface area contributed by atoms with Crippen LogP contribution in [0.15, 0.2) is 133 Å². The summed E-state index contributed by atoms with van der Waals surface area (Å²) in [5.41, 5.74) is 6.56. The monoisotopic (exact) mass is 693 g/mol. The number of amides is 3. The molecule has 6 nitrogen and oxygen atoms in total. The molecule has 5 aromatic carbocycles. The molecule has 0 spiro atoms. The van der Waals surface area contributed by atoms with Crippen LogP contribution in [-0.4, -0.2) is 58.6 Å². The van der Waals surface area contributed by atoms with Gasteiger partial charge in [0.25, 0.3) is 17.7 Å². The third-order valence-corrected chi connectivity index (χ3v) is 9.82. The molecule has 0 bridgehead atoms. The number of hydrogen-bond acceptors (Lipinski definition) is 3. The van der Waals surface area contributed by atoms with E-state index >= 15 is 4.79 Å². The molecule has 0 saturated carbocycles. The fourth-order valence-electron chi connectivity index (χ4n) is 7.31. The molecule has 6 heteroatoms. The zero-order valence-electron chi connectivity index (χ0n) is 31.5. The van der Waals surface area contributed by atoms with Crippen LogP contribution < -0.4 is 0 Å². The van der Waals surface area contributed by atoms with Crippen LogP contribution in [0.1, 0.15) is 98.7 Å². The van der Waals surface area contributed by atoms with E-state index in [1.54, 1.807) is 9.80 Å². The predicted molar refractivity (Wildman–Crippen MR) is 210 cm³/mol. The lowest BCUT2D eigenvalue weighted by molar-refractivity contribution is 0.0640. The summed E-state index contributed by atoms with van der Waals surface area (Å²) >= 11 is 0. The van der Waals surface area contributed by atoms with Crippen LogP contribution in [0.2, 0.25) is 0 Å². The molecular formula is C46H51N3O3. The van der Waals surface area contributed by atoms with E-state index in [4.69, 9.17) is 0 Å². The fourth-order valence-corrected chi connectivity index (χ4v) is 7.31. The van der Waals surface area contributed by atoms with Crippen molar-refractivity contribution in [3.05, 3.63) is 178 Å². The van der Waals surface area contributed by atoms with E-state index < -0.39 is 0 Å². The molecule has 3 amide bonds. The van der Waals surface area contributed by atoms with E-state index in [1.165, 1.54) is 0 Å². The first-order valence-electron chi connectivity index (χ1n) is 18.2. The van der Waals surface area contributed by atoms with Gasteiger partial charge in [-0.05, 0) is 94.0 Å². The van der Waals surface area contributed by atoms with E-state index in [1.807, 2.05) is 168 Å². The Balaban J connectivity index is 1.67. The number of nitrogens with zero attached hydrogens (tertiary/aromatic N) is 3. The summed E-state index contributed by atoms with van der Waals surface area (Å²) in [6.45, 7) is 10.2. The molecule has 0 heterocycles. The van der Waals surface area contributed by atoms with Crippen LogP contribution in [0.5, 0.6) is 0 Å². The Morgan fingerprint density at radius 1 is 0.500 bits per heavy atom. The lowest BCUT2D eigenvalue weighted by Crippen LogP contribution is -2.43. The van der Waals surface area contributed by atoms with Crippen LogP contribution >= 0.6 is 0 Å². The minimum absolute atomic E-state index is 0.0472. The number of benzene rings is 5. The number of rotatable bonds is 13. The van der Waals surface area contributed by atoms with E-state index in [9.17, 15) is 9.59 Å². The number of likely N-dealkylation sites (N-methyl/N-ethyl adjacent to an activating group) is 2. The standard InChI is InChI=1S/C46H51N3O3/c1-32(2)49(33(3)4)46(52)43-39(30-41(35-20-12-8-13-21-35)47(6)44(50)37-24-16-10-17-25-37)28-34(5)29-40(43)31-42(36-22-14-9-15-23-36)48(7)45(51)38-26-18-11-19-27-38/h8-29,32-33,41-42H,30-31H2,1-7H3. The topological polar surface area (TPSA) is 60.9 Å². The highest BCUT2D eigenvalue weighted by atomic mass is 16.2. The average molecular weight is 694 g/mol. The van der Waals surface area contributed by atoms with Gasteiger partial charge in [-0.3, -0.25) is 14.4 Å². The molecule has 2 unspecified atom stereocenters. The largest absolute Gasteiger partial charge is 0.334 e. The first kappa shape index (κ1) is 37.8. The van der Waals surface area contributed by atoms with E-state index in [2.05, 4.69) is 19.1 Å². The second-order valence-corrected chi connectivity index (χ2v) is 14.2. The highest BCUT2D eigenvalue weighted by Crippen LogP contribution is 2.34. The zero-order chi connectivity index (χ0) is 37.4. The van der Waals surface area contributed by atoms with E-state index in [0.29, 0.717) is 29.5 Å². The molecule has 0 aliphatic carbocycles. The molecule has 5 aromatic rings. The summed E-state index contributed by atoms with van der Waals surface area (Å²) in [5.74, 6) is -0.236. The first-order chi connectivity index (χ1) is 25.0.